The Labute approximate surface area is 96.6 Å². The summed E-state index contributed by atoms with van der Waals surface area (Å²) in [5, 5.41) is 1.65. The Hall–Kier alpha value is -1.40. The van der Waals surface area contributed by atoms with Crippen molar-refractivity contribution in [2.24, 2.45) is 0 Å². The third-order valence-corrected chi connectivity index (χ3v) is 4.64. The Morgan fingerprint density at radius 3 is 2.50 bits per heavy atom. The van der Waals surface area contributed by atoms with E-state index >= 15 is 0 Å². The van der Waals surface area contributed by atoms with Crippen molar-refractivity contribution in [3.05, 3.63) is 47.6 Å². The molecular weight excluding hydrogens is 249 g/mol. The summed E-state index contributed by atoms with van der Waals surface area (Å²) in [6.45, 7) is 0. The van der Waals surface area contributed by atoms with Crippen LogP contribution in [-0.2, 0) is 10.0 Å². The lowest BCUT2D eigenvalue weighted by atomic mass is 10.3. The van der Waals surface area contributed by atoms with E-state index in [4.69, 9.17) is 0 Å². The maximum Gasteiger partial charge on any atom is 0.271 e. The van der Waals surface area contributed by atoms with E-state index in [0.717, 1.165) is 11.3 Å². The molecule has 0 fully saturated rings. The van der Waals surface area contributed by atoms with Crippen LogP contribution in [0.15, 0.2) is 46.0 Å². The average molecular weight is 257 g/mol. The van der Waals surface area contributed by atoms with Crippen LogP contribution in [0, 0.1) is 5.82 Å². The molecule has 16 heavy (non-hydrogen) atoms. The summed E-state index contributed by atoms with van der Waals surface area (Å²) in [4.78, 5) is 0. The molecule has 1 heterocycles. The third kappa shape index (κ3) is 2.23. The Morgan fingerprint density at radius 1 is 1.12 bits per heavy atom. The number of rotatable bonds is 3. The summed E-state index contributed by atoms with van der Waals surface area (Å²) in [6.07, 6.45) is 0. The number of anilines is 1. The van der Waals surface area contributed by atoms with Crippen LogP contribution in [0.1, 0.15) is 0 Å². The van der Waals surface area contributed by atoms with Gasteiger partial charge >= 0.3 is 0 Å². The van der Waals surface area contributed by atoms with Crippen molar-refractivity contribution in [3.63, 3.8) is 0 Å². The second-order valence-corrected chi connectivity index (χ2v) is 5.87. The molecule has 0 atom stereocenters. The quantitative estimate of drug-likeness (QED) is 0.919. The van der Waals surface area contributed by atoms with Crippen molar-refractivity contribution in [2.45, 2.75) is 4.21 Å². The highest BCUT2D eigenvalue weighted by Crippen LogP contribution is 2.21. The zero-order valence-electron chi connectivity index (χ0n) is 8.05. The molecule has 0 aliphatic rings. The number of para-hydroxylation sites is 1. The molecule has 0 spiro atoms. The first-order valence-corrected chi connectivity index (χ1v) is 6.77. The van der Waals surface area contributed by atoms with Crippen molar-refractivity contribution < 1.29 is 12.8 Å². The SMILES string of the molecule is O=S(=O)(Nc1ccccc1F)c1cccs1. The minimum atomic E-state index is -3.66. The second kappa shape index (κ2) is 4.23. The minimum absolute atomic E-state index is 0.0455. The zero-order chi connectivity index (χ0) is 11.6. The normalized spacial score (nSPS) is 11.3. The lowest BCUT2D eigenvalue weighted by Gasteiger charge is -2.06. The van der Waals surface area contributed by atoms with Crippen LogP contribution >= 0.6 is 11.3 Å². The first kappa shape index (κ1) is 11.1. The molecule has 6 heteroatoms. The largest absolute Gasteiger partial charge is 0.276 e. The molecule has 2 rings (SSSR count). The lowest BCUT2D eigenvalue weighted by Crippen LogP contribution is -2.12. The molecule has 2 aromatic rings. The maximum absolute atomic E-state index is 13.2. The Balaban J connectivity index is 2.33. The van der Waals surface area contributed by atoms with Gasteiger partial charge in [0.15, 0.2) is 0 Å². The summed E-state index contributed by atoms with van der Waals surface area (Å²) in [7, 11) is -3.66. The molecule has 0 radical (unpaired) electrons. The van der Waals surface area contributed by atoms with Crippen LogP contribution in [0.25, 0.3) is 0 Å². The summed E-state index contributed by atoms with van der Waals surface area (Å²) in [5.74, 6) is -0.595. The number of hydrogen-bond acceptors (Lipinski definition) is 3. The molecule has 0 amide bonds. The molecule has 0 bridgehead atoms. The number of thiophene rings is 1. The predicted octanol–water partition coefficient (Wildman–Crippen LogP) is 2.69. The zero-order valence-corrected chi connectivity index (χ0v) is 9.69. The van der Waals surface area contributed by atoms with Crippen LogP contribution in [-0.4, -0.2) is 8.42 Å². The van der Waals surface area contributed by atoms with Crippen LogP contribution in [0.4, 0.5) is 10.1 Å². The number of benzene rings is 1. The highest BCUT2D eigenvalue weighted by molar-refractivity contribution is 7.94. The van der Waals surface area contributed by atoms with Gasteiger partial charge in [0.1, 0.15) is 10.0 Å². The highest BCUT2D eigenvalue weighted by Gasteiger charge is 2.16. The molecule has 84 valence electrons. The molecule has 1 aromatic carbocycles. The predicted molar refractivity (Wildman–Crippen MR) is 61.5 cm³/mol. The second-order valence-electron chi connectivity index (χ2n) is 3.02. The van der Waals surface area contributed by atoms with E-state index in [2.05, 4.69) is 4.72 Å². The number of sulfonamides is 1. The average Bonchev–Trinajstić information content (AvgIpc) is 2.75. The van der Waals surface area contributed by atoms with Gasteiger partial charge in [-0.2, -0.15) is 0 Å². The van der Waals surface area contributed by atoms with Crippen molar-refractivity contribution in [1.29, 1.82) is 0 Å². The third-order valence-electron chi connectivity index (χ3n) is 1.88. The molecule has 1 N–H and O–H groups in total. The van der Waals surface area contributed by atoms with Crippen molar-refractivity contribution in [3.8, 4) is 0 Å². The number of halogens is 1. The van der Waals surface area contributed by atoms with Gasteiger partial charge in [0, 0.05) is 0 Å². The van der Waals surface area contributed by atoms with Crippen LogP contribution in [0.5, 0.6) is 0 Å². The first-order chi connectivity index (χ1) is 7.59. The van der Waals surface area contributed by atoms with Crippen molar-refractivity contribution >= 4 is 27.0 Å². The molecular formula is C10H8FNO2S2. The summed E-state index contributed by atoms with van der Waals surface area (Å²) >= 11 is 1.08. The fourth-order valence-electron chi connectivity index (χ4n) is 1.16. The van der Waals surface area contributed by atoms with Gasteiger partial charge in [-0.1, -0.05) is 18.2 Å². The van der Waals surface area contributed by atoms with E-state index in [1.807, 2.05) is 0 Å². The van der Waals surface area contributed by atoms with Crippen LogP contribution in [0.3, 0.4) is 0 Å². The van der Waals surface area contributed by atoms with Gasteiger partial charge in [0.2, 0.25) is 0 Å². The van der Waals surface area contributed by atoms with Gasteiger partial charge < -0.3 is 0 Å². The van der Waals surface area contributed by atoms with E-state index in [0.29, 0.717) is 0 Å². The Bertz CT molecular complexity index is 579. The van der Waals surface area contributed by atoms with Gasteiger partial charge in [-0.3, -0.25) is 4.72 Å². The molecule has 0 saturated heterocycles. The van der Waals surface area contributed by atoms with E-state index in [1.165, 1.54) is 24.3 Å². The number of hydrogen-bond donors (Lipinski definition) is 1. The summed E-state index contributed by atoms with van der Waals surface area (Å²) < 4.78 is 39.1. The van der Waals surface area contributed by atoms with Gasteiger partial charge in [0.05, 0.1) is 5.69 Å². The van der Waals surface area contributed by atoms with Crippen LogP contribution in [0.2, 0.25) is 0 Å². The molecule has 1 aromatic heterocycles. The summed E-state index contributed by atoms with van der Waals surface area (Å²) in [6, 6.07) is 8.73. The van der Waals surface area contributed by atoms with Gasteiger partial charge in [-0.05, 0) is 23.6 Å². The fourth-order valence-corrected chi connectivity index (χ4v) is 3.22. The Kier molecular flexibility index (Phi) is 2.93. The summed E-state index contributed by atoms with van der Waals surface area (Å²) in [5.41, 5.74) is -0.0455. The van der Waals surface area contributed by atoms with Gasteiger partial charge in [-0.15, -0.1) is 11.3 Å². The lowest BCUT2D eigenvalue weighted by molar-refractivity contribution is 0.600. The molecule has 0 aliphatic heterocycles. The highest BCUT2D eigenvalue weighted by atomic mass is 32.2. The van der Waals surface area contributed by atoms with E-state index < -0.39 is 15.8 Å². The first-order valence-electron chi connectivity index (χ1n) is 4.40. The fraction of sp³-hybridized carbons (Fsp3) is 0. The van der Waals surface area contributed by atoms with E-state index in [-0.39, 0.29) is 9.90 Å². The number of nitrogens with one attached hydrogen (secondary N) is 1. The monoisotopic (exact) mass is 257 g/mol. The van der Waals surface area contributed by atoms with Gasteiger partial charge in [0.25, 0.3) is 10.0 Å². The van der Waals surface area contributed by atoms with Crippen LogP contribution < -0.4 is 4.72 Å². The van der Waals surface area contributed by atoms with Gasteiger partial charge in [-0.25, -0.2) is 12.8 Å². The minimum Gasteiger partial charge on any atom is -0.276 e. The standard InChI is InChI=1S/C10H8FNO2S2/c11-8-4-1-2-5-9(8)12-16(13,14)10-6-3-7-15-10/h1-7,12H. The van der Waals surface area contributed by atoms with E-state index in [1.54, 1.807) is 17.5 Å². The van der Waals surface area contributed by atoms with Crippen molar-refractivity contribution in [2.75, 3.05) is 4.72 Å². The maximum atomic E-state index is 13.2. The Morgan fingerprint density at radius 2 is 1.88 bits per heavy atom. The van der Waals surface area contributed by atoms with E-state index in [9.17, 15) is 12.8 Å². The van der Waals surface area contributed by atoms with Crippen molar-refractivity contribution in [1.82, 2.24) is 0 Å². The molecule has 0 aliphatic carbocycles. The smallest absolute Gasteiger partial charge is 0.271 e. The molecule has 3 nitrogen and oxygen atoms in total. The molecule has 0 unspecified atom stereocenters. The molecule has 0 saturated carbocycles. The topological polar surface area (TPSA) is 46.2 Å².